The van der Waals surface area contributed by atoms with Crippen LogP contribution in [-0.4, -0.2) is 23.8 Å². The zero-order valence-electron chi connectivity index (χ0n) is 18.1. The third-order valence-electron chi connectivity index (χ3n) is 4.66. The van der Waals surface area contributed by atoms with Gasteiger partial charge in [0.25, 0.3) is 0 Å². The minimum Gasteiger partial charge on any atom is -0.481 e. The Morgan fingerprint density at radius 3 is 2.25 bits per heavy atom. The van der Waals surface area contributed by atoms with Crippen LogP contribution in [0.4, 0.5) is 0 Å². The van der Waals surface area contributed by atoms with E-state index < -0.39 is 5.97 Å². The van der Waals surface area contributed by atoms with Crippen LogP contribution in [0.3, 0.4) is 0 Å². The first-order chi connectivity index (χ1) is 13.6. The maximum absolute atomic E-state index is 10.4. The summed E-state index contributed by atoms with van der Waals surface area (Å²) in [6.07, 6.45) is 30.5. The molecular formula is C25H40O3. The molecule has 0 bridgehead atoms. The van der Waals surface area contributed by atoms with Crippen LogP contribution >= 0.6 is 0 Å². The zero-order valence-corrected chi connectivity index (χ0v) is 18.1. The van der Waals surface area contributed by atoms with E-state index >= 15 is 0 Å². The molecule has 0 saturated carbocycles. The lowest BCUT2D eigenvalue weighted by atomic mass is 9.95. The molecular weight excluding hydrogens is 348 g/mol. The number of carboxylic acids is 1. The molecule has 3 nitrogen and oxygen atoms in total. The minimum absolute atomic E-state index is 0.204. The lowest BCUT2D eigenvalue weighted by molar-refractivity contribution is -0.137. The van der Waals surface area contributed by atoms with Crippen molar-refractivity contribution in [2.45, 2.75) is 83.7 Å². The van der Waals surface area contributed by atoms with E-state index in [-0.39, 0.29) is 12.0 Å². The van der Waals surface area contributed by atoms with Crippen LogP contribution in [-0.2, 0) is 9.53 Å². The number of hydrogen-bond acceptors (Lipinski definition) is 2. The van der Waals surface area contributed by atoms with Gasteiger partial charge in [0, 0.05) is 13.5 Å². The Morgan fingerprint density at radius 2 is 1.61 bits per heavy atom. The summed E-state index contributed by atoms with van der Waals surface area (Å²) in [4.78, 5) is 10.4. The van der Waals surface area contributed by atoms with Gasteiger partial charge in [0.2, 0.25) is 0 Å². The Kier molecular flexibility index (Phi) is 17.3. The first-order valence-electron chi connectivity index (χ1n) is 10.7. The van der Waals surface area contributed by atoms with Gasteiger partial charge in [-0.1, -0.05) is 81.0 Å². The Bertz CT molecular complexity index is 520. The second kappa shape index (κ2) is 18.5. The molecule has 0 spiro atoms. The Morgan fingerprint density at radius 1 is 0.893 bits per heavy atom. The maximum atomic E-state index is 10.4. The summed E-state index contributed by atoms with van der Waals surface area (Å²) in [6, 6.07) is 0. The lowest BCUT2D eigenvalue weighted by Crippen LogP contribution is -2.26. The molecule has 0 saturated heterocycles. The topological polar surface area (TPSA) is 46.5 Å². The number of hydrogen-bond donors (Lipinski definition) is 1. The molecule has 0 aromatic heterocycles. The molecule has 3 heteroatoms. The highest BCUT2D eigenvalue weighted by atomic mass is 16.5. The predicted molar refractivity (Wildman–Crippen MR) is 121 cm³/mol. The van der Waals surface area contributed by atoms with Crippen molar-refractivity contribution in [3.8, 4) is 0 Å². The molecule has 0 aromatic carbocycles. The van der Waals surface area contributed by atoms with Gasteiger partial charge >= 0.3 is 5.97 Å². The normalized spacial score (nSPS) is 15.0. The molecule has 0 aromatic rings. The standard InChI is InChI=1S/C25H40O3/c1-4-6-19-22-25(5-2,28-3)23-20-17-15-13-11-9-7-8-10-12-14-16-18-21-24(26)27/h6,8-11,15,17,19-20,23H,4-5,7,12-14,16,18,21-22H2,1-3H3,(H,26,27)/b10-8-,11-9-,17-15-,19-6-,23-20+/t25-/m1/s1. The monoisotopic (exact) mass is 388 g/mol. The van der Waals surface area contributed by atoms with Gasteiger partial charge in [-0.3, -0.25) is 4.79 Å². The number of carbonyl (C=O) groups is 1. The van der Waals surface area contributed by atoms with Gasteiger partial charge in [-0.2, -0.15) is 0 Å². The minimum atomic E-state index is -0.697. The third kappa shape index (κ3) is 15.2. The van der Waals surface area contributed by atoms with Gasteiger partial charge in [0.1, 0.15) is 0 Å². The highest BCUT2D eigenvalue weighted by Crippen LogP contribution is 2.22. The summed E-state index contributed by atoms with van der Waals surface area (Å²) in [5.41, 5.74) is -0.204. The number of rotatable bonds is 17. The van der Waals surface area contributed by atoms with E-state index in [2.05, 4.69) is 74.6 Å². The van der Waals surface area contributed by atoms with Crippen LogP contribution in [0, 0.1) is 0 Å². The molecule has 1 atom stereocenters. The van der Waals surface area contributed by atoms with Crippen LogP contribution in [0.1, 0.15) is 78.1 Å². The Hall–Kier alpha value is -1.87. The molecule has 0 aliphatic rings. The first-order valence-corrected chi connectivity index (χ1v) is 10.7. The Balaban J connectivity index is 3.97. The number of aliphatic carboxylic acids is 1. The second-order valence-electron chi connectivity index (χ2n) is 6.90. The van der Waals surface area contributed by atoms with E-state index in [1.807, 2.05) is 0 Å². The van der Waals surface area contributed by atoms with E-state index in [0.29, 0.717) is 0 Å². The van der Waals surface area contributed by atoms with Crippen molar-refractivity contribution in [2.75, 3.05) is 7.11 Å². The zero-order chi connectivity index (χ0) is 20.9. The van der Waals surface area contributed by atoms with Gasteiger partial charge < -0.3 is 9.84 Å². The highest BCUT2D eigenvalue weighted by Gasteiger charge is 2.21. The third-order valence-corrected chi connectivity index (χ3v) is 4.66. The summed E-state index contributed by atoms with van der Waals surface area (Å²) in [6.45, 7) is 4.30. The predicted octanol–water partition coefficient (Wildman–Crippen LogP) is 7.18. The van der Waals surface area contributed by atoms with E-state index in [0.717, 1.165) is 57.8 Å². The van der Waals surface area contributed by atoms with Crippen molar-refractivity contribution in [1.82, 2.24) is 0 Å². The van der Waals surface area contributed by atoms with Crippen molar-refractivity contribution in [3.63, 3.8) is 0 Å². The molecule has 158 valence electrons. The van der Waals surface area contributed by atoms with Crippen molar-refractivity contribution < 1.29 is 14.6 Å². The SMILES string of the molecule is CC/C=C\C[C@@](/C=C/C=C\C/C=C\C/C=C\CCCCCC(=O)O)(CC)OC. The van der Waals surface area contributed by atoms with Crippen LogP contribution in [0.25, 0.3) is 0 Å². The summed E-state index contributed by atoms with van der Waals surface area (Å²) in [5, 5.41) is 8.56. The fourth-order valence-corrected chi connectivity index (χ4v) is 2.74. The average Bonchev–Trinajstić information content (AvgIpc) is 2.69. The van der Waals surface area contributed by atoms with Crippen LogP contribution < -0.4 is 0 Å². The summed E-state index contributed by atoms with van der Waals surface area (Å²) in [7, 11) is 1.78. The van der Waals surface area contributed by atoms with Crippen molar-refractivity contribution in [2.24, 2.45) is 0 Å². The molecule has 0 radical (unpaired) electrons. The first kappa shape index (κ1) is 26.1. The number of unbranched alkanes of at least 4 members (excludes halogenated alkanes) is 3. The molecule has 0 rings (SSSR count). The quantitative estimate of drug-likeness (QED) is 0.163. The molecule has 0 fully saturated rings. The second-order valence-corrected chi connectivity index (χ2v) is 6.90. The van der Waals surface area contributed by atoms with Crippen LogP contribution in [0.15, 0.2) is 60.8 Å². The molecule has 0 amide bonds. The van der Waals surface area contributed by atoms with Crippen LogP contribution in [0.2, 0.25) is 0 Å². The van der Waals surface area contributed by atoms with Gasteiger partial charge in [-0.05, 0) is 51.4 Å². The molecule has 0 aliphatic heterocycles. The molecule has 0 heterocycles. The summed E-state index contributed by atoms with van der Waals surface area (Å²) in [5.74, 6) is -0.697. The van der Waals surface area contributed by atoms with E-state index in [1.165, 1.54) is 0 Å². The van der Waals surface area contributed by atoms with Crippen molar-refractivity contribution in [3.05, 3.63) is 60.8 Å². The van der Waals surface area contributed by atoms with E-state index in [1.54, 1.807) is 7.11 Å². The van der Waals surface area contributed by atoms with E-state index in [4.69, 9.17) is 9.84 Å². The number of methoxy groups -OCH3 is 1. The molecule has 28 heavy (non-hydrogen) atoms. The van der Waals surface area contributed by atoms with Crippen molar-refractivity contribution >= 4 is 5.97 Å². The smallest absolute Gasteiger partial charge is 0.303 e. The lowest BCUT2D eigenvalue weighted by Gasteiger charge is -2.26. The number of carboxylic acid groups (broad SMARTS) is 1. The molecule has 0 unspecified atom stereocenters. The summed E-state index contributed by atoms with van der Waals surface area (Å²) >= 11 is 0. The number of allylic oxidation sites excluding steroid dienone is 8. The molecule has 1 N–H and O–H groups in total. The van der Waals surface area contributed by atoms with Crippen molar-refractivity contribution in [1.29, 1.82) is 0 Å². The van der Waals surface area contributed by atoms with Gasteiger partial charge in [-0.25, -0.2) is 0 Å². The maximum Gasteiger partial charge on any atom is 0.303 e. The fourth-order valence-electron chi connectivity index (χ4n) is 2.74. The van der Waals surface area contributed by atoms with Gasteiger partial charge in [-0.15, -0.1) is 0 Å². The van der Waals surface area contributed by atoms with E-state index in [9.17, 15) is 4.79 Å². The molecule has 0 aliphatic carbocycles. The summed E-state index contributed by atoms with van der Waals surface area (Å²) < 4.78 is 5.74. The highest BCUT2D eigenvalue weighted by molar-refractivity contribution is 5.66. The van der Waals surface area contributed by atoms with Gasteiger partial charge in [0.15, 0.2) is 0 Å². The van der Waals surface area contributed by atoms with Crippen LogP contribution in [0.5, 0.6) is 0 Å². The fraction of sp³-hybridized carbons (Fsp3) is 0.560. The average molecular weight is 389 g/mol. The Labute approximate surface area is 172 Å². The largest absolute Gasteiger partial charge is 0.481 e. The van der Waals surface area contributed by atoms with Gasteiger partial charge in [0.05, 0.1) is 5.60 Å². The number of ether oxygens (including phenoxy) is 1.